The lowest BCUT2D eigenvalue weighted by Gasteiger charge is -2.28. The van der Waals surface area contributed by atoms with Crippen molar-refractivity contribution < 1.29 is 22.3 Å². The number of nitrogens with one attached hydrogen (secondary N) is 1. The van der Waals surface area contributed by atoms with E-state index in [4.69, 9.17) is 11.5 Å². The molecule has 0 aliphatic carbocycles. The van der Waals surface area contributed by atoms with Crippen LogP contribution >= 0.6 is 0 Å². The van der Waals surface area contributed by atoms with E-state index < -0.39 is 24.5 Å². The summed E-state index contributed by atoms with van der Waals surface area (Å²) in [4.78, 5) is 7.80. The molecule has 144 valence electrons. The van der Waals surface area contributed by atoms with Crippen LogP contribution in [0.25, 0.3) is 11.1 Å². The van der Waals surface area contributed by atoms with Gasteiger partial charge in [0.25, 0.3) is 6.43 Å². The molecule has 0 saturated carbocycles. The molecule has 12 heteroatoms. The molecule has 0 radical (unpaired) electrons. The quantitative estimate of drug-likeness (QED) is 0.668. The number of pyridine rings is 1. The van der Waals surface area contributed by atoms with Crippen LogP contribution in [0.3, 0.4) is 0 Å². The fourth-order valence-corrected chi connectivity index (χ4v) is 2.54. The fourth-order valence-electron chi connectivity index (χ4n) is 2.54. The Labute approximate surface area is 150 Å². The van der Waals surface area contributed by atoms with Crippen LogP contribution < -0.4 is 21.5 Å². The number of amidine groups is 1. The fraction of sp³-hybridized carbons (Fsp3) is 0.267. The molecule has 8 nitrogen and oxygen atoms in total. The van der Waals surface area contributed by atoms with Crippen LogP contribution in [0.15, 0.2) is 41.5 Å². The van der Waals surface area contributed by atoms with Crippen LogP contribution in [0.2, 0.25) is 0 Å². The van der Waals surface area contributed by atoms with Crippen molar-refractivity contribution in [2.24, 2.45) is 23.5 Å². The van der Waals surface area contributed by atoms with Gasteiger partial charge in [0.1, 0.15) is 11.6 Å². The van der Waals surface area contributed by atoms with E-state index in [-0.39, 0.29) is 22.8 Å². The largest absolute Gasteiger partial charge is 0.434 e. The van der Waals surface area contributed by atoms with Gasteiger partial charge >= 0.3 is 6.61 Å². The number of ether oxygens (including phenoxy) is 1. The number of aromatic nitrogens is 3. The van der Waals surface area contributed by atoms with Gasteiger partial charge in [-0.05, 0) is 0 Å². The second-order valence-electron chi connectivity index (χ2n) is 5.69. The van der Waals surface area contributed by atoms with E-state index >= 15 is 0 Å². The molecule has 0 bridgehead atoms. The van der Waals surface area contributed by atoms with Gasteiger partial charge < -0.3 is 15.8 Å². The number of rotatable bonds is 5. The highest BCUT2D eigenvalue weighted by Crippen LogP contribution is 2.34. The van der Waals surface area contributed by atoms with Crippen LogP contribution in [-0.4, -0.2) is 33.6 Å². The molecular weight excluding hydrogens is 370 g/mol. The molecule has 0 aromatic carbocycles. The molecule has 1 atom stereocenters. The summed E-state index contributed by atoms with van der Waals surface area (Å²) in [5.74, 6) is -1.18. The molecule has 27 heavy (non-hydrogen) atoms. The topological polar surface area (TPSA) is 116 Å². The Kier molecular flexibility index (Phi) is 4.74. The maximum absolute atomic E-state index is 13.0. The second kappa shape index (κ2) is 6.87. The third kappa shape index (κ3) is 3.84. The maximum atomic E-state index is 13.0. The van der Waals surface area contributed by atoms with Crippen molar-refractivity contribution >= 4 is 5.84 Å². The van der Waals surface area contributed by atoms with E-state index in [0.717, 1.165) is 12.1 Å². The summed E-state index contributed by atoms with van der Waals surface area (Å²) in [6.45, 7) is -3.13. The summed E-state index contributed by atoms with van der Waals surface area (Å²) in [7, 11) is 1.65. The predicted molar refractivity (Wildman–Crippen MR) is 87.8 cm³/mol. The normalized spacial score (nSPS) is 19.7. The van der Waals surface area contributed by atoms with E-state index in [1.54, 1.807) is 13.2 Å². The molecule has 2 aromatic rings. The maximum Gasteiger partial charge on any atom is 0.387 e. The number of hydrogen-bond donors (Lipinski definition) is 3. The lowest BCUT2D eigenvalue weighted by Crippen LogP contribution is -2.46. The van der Waals surface area contributed by atoms with Gasteiger partial charge in [-0.1, -0.05) is 0 Å². The number of hydrogen-bond acceptors (Lipinski definition) is 7. The minimum Gasteiger partial charge on any atom is -0.434 e. The molecule has 0 saturated heterocycles. The molecule has 3 rings (SSSR count). The van der Waals surface area contributed by atoms with Crippen molar-refractivity contribution in [1.82, 2.24) is 20.1 Å². The number of alkyl halides is 4. The highest BCUT2D eigenvalue weighted by molar-refractivity contribution is 5.88. The van der Waals surface area contributed by atoms with Crippen LogP contribution in [0, 0.1) is 0 Å². The van der Waals surface area contributed by atoms with Gasteiger partial charge in [0, 0.05) is 42.7 Å². The van der Waals surface area contributed by atoms with Crippen molar-refractivity contribution in [2.45, 2.75) is 18.7 Å². The molecule has 0 spiro atoms. The predicted octanol–water partition coefficient (Wildman–Crippen LogP) is 1.26. The summed E-state index contributed by atoms with van der Waals surface area (Å²) >= 11 is 0. The Morgan fingerprint density at radius 1 is 1.26 bits per heavy atom. The standard InChI is InChI=1S/C15H15F4N7O/c1-26-6-7(4-23-26)8-5-22-10(2-9(8)27-14(18)19)15(21)3-11(20)24-13(25-15)12(16)17/h2-6,12,14H,20-21H2,1H3,(H,24,25). The first-order chi connectivity index (χ1) is 12.7. The van der Waals surface area contributed by atoms with Crippen molar-refractivity contribution in [3.63, 3.8) is 0 Å². The summed E-state index contributed by atoms with van der Waals surface area (Å²) < 4.78 is 57.8. The molecule has 2 aromatic heterocycles. The molecule has 5 N–H and O–H groups in total. The Balaban J connectivity index is 2.10. The van der Waals surface area contributed by atoms with Crippen molar-refractivity contribution in [1.29, 1.82) is 0 Å². The SMILES string of the molecule is Cn1cc(-c2cnc(C3(N)C=C(N)NC(C(F)F)=N3)cc2OC(F)F)cn1. The Morgan fingerprint density at radius 2 is 2.00 bits per heavy atom. The van der Waals surface area contributed by atoms with Crippen LogP contribution in [0.4, 0.5) is 17.6 Å². The molecule has 3 heterocycles. The first kappa shape index (κ1) is 18.6. The van der Waals surface area contributed by atoms with E-state index in [0.29, 0.717) is 5.56 Å². The average molecular weight is 385 g/mol. The Morgan fingerprint density at radius 3 is 2.59 bits per heavy atom. The van der Waals surface area contributed by atoms with Gasteiger partial charge in [0.2, 0.25) is 0 Å². The summed E-state index contributed by atoms with van der Waals surface area (Å²) in [5, 5.41) is 6.16. The lowest BCUT2D eigenvalue weighted by atomic mass is 10.0. The summed E-state index contributed by atoms with van der Waals surface area (Å²) in [6, 6.07) is 1.11. The smallest absolute Gasteiger partial charge is 0.387 e. The number of nitrogens with zero attached hydrogens (tertiary/aromatic N) is 4. The van der Waals surface area contributed by atoms with Gasteiger partial charge in [0.15, 0.2) is 11.5 Å². The zero-order valence-corrected chi connectivity index (χ0v) is 13.9. The number of halogens is 4. The zero-order chi connectivity index (χ0) is 19.8. The van der Waals surface area contributed by atoms with Crippen molar-refractivity contribution in [3.05, 3.63) is 42.2 Å². The summed E-state index contributed by atoms with van der Waals surface area (Å²) in [6.07, 6.45) is 2.41. The number of aliphatic imine (C=N–C) groups is 1. The van der Waals surface area contributed by atoms with Crippen molar-refractivity contribution in [2.75, 3.05) is 0 Å². The van der Waals surface area contributed by atoms with Gasteiger partial charge in [0.05, 0.1) is 11.9 Å². The molecule has 1 aliphatic heterocycles. The van der Waals surface area contributed by atoms with Crippen LogP contribution in [-0.2, 0) is 12.7 Å². The third-order valence-corrected chi connectivity index (χ3v) is 3.67. The summed E-state index contributed by atoms with van der Waals surface area (Å²) in [5.41, 5.74) is 10.3. The molecule has 1 unspecified atom stereocenters. The highest BCUT2D eigenvalue weighted by Gasteiger charge is 2.34. The van der Waals surface area contributed by atoms with Crippen LogP contribution in [0.5, 0.6) is 5.75 Å². The Hall–Kier alpha value is -3.15. The zero-order valence-electron chi connectivity index (χ0n) is 13.9. The average Bonchev–Trinajstić information content (AvgIpc) is 2.99. The number of nitrogens with two attached hydrogens (primary N) is 2. The van der Waals surface area contributed by atoms with E-state index in [2.05, 4.69) is 25.1 Å². The van der Waals surface area contributed by atoms with Gasteiger partial charge in [-0.3, -0.25) is 15.4 Å². The minimum atomic E-state index is -3.13. The third-order valence-electron chi connectivity index (χ3n) is 3.67. The number of aryl methyl sites for hydroxylation is 1. The Bertz CT molecular complexity index is 911. The first-order valence-electron chi connectivity index (χ1n) is 7.54. The highest BCUT2D eigenvalue weighted by atomic mass is 19.3. The second-order valence-corrected chi connectivity index (χ2v) is 5.69. The monoisotopic (exact) mass is 385 g/mol. The minimum absolute atomic E-state index is 0.103. The molecule has 0 fully saturated rings. The first-order valence-corrected chi connectivity index (χ1v) is 7.54. The molecule has 0 amide bonds. The van der Waals surface area contributed by atoms with E-state index in [1.165, 1.54) is 17.1 Å². The van der Waals surface area contributed by atoms with Gasteiger partial charge in [-0.25, -0.2) is 13.8 Å². The van der Waals surface area contributed by atoms with Crippen molar-refractivity contribution in [3.8, 4) is 16.9 Å². The van der Waals surface area contributed by atoms with E-state index in [1.807, 2.05) is 0 Å². The van der Waals surface area contributed by atoms with E-state index in [9.17, 15) is 17.6 Å². The molecule has 1 aliphatic rings. The molecular formula is C15H15F4N7O. The van der Waals surface area contributed by atoms with Crippen LogP contribution in [0.1, 0.15) is 5.69 Å². The van der Waals surface area contributed by atoms with Gasteiger partial charge in [-0.2, -0.15) is 13.9 Å². The van der Waals surface area contributed by atoms with Gasteiger partial charge in [-0.15, -0.1) is 0 Å². The lowest BCUT2D eigenvalue weighted by molar-refractivity contribution is -0.0495.